The van der Waals surface area contributed by atoms with Gasteiger partial charge in [-0.15, -0.1) is 11.3 Å². The standard InChI is InChI=1S/C20H19N3O5S/c1-2-28-15-6-4-3-5-14(15)23-19(26)18(25)22(20(23)27)12-17(24)21-9-7-16-13(11-21)8-10-29-16/h3-6,8,10H,2,7,9,11-12H2,1H3. The number of hydrogen-bond donors (Lipinski definition) is 0. The van der Waals surface area contributed by atoms with Crippen molar-refractivity contribution in [3.05, 3.63) is 46.2 Å². The summed E-state index contributed by atoms with van der Waals surface area (Å²) in [7, 11) is 0. The molecule has 0 N–H and O–H groups in total. The zero-order chi connectivity index (χ0) is 20.5. The predicted molar refractivity (Wildman–Crippen MR) is 106 cm³/mol. The van der Waals surface area contributed by atoms with Gasteiger partial charge in [-0.25, -0.2) is 14.6 Å². The van der Waals surface area contributed by atoms with Gasteiger partial charge in [0.25, 0.3) is 0 Å². The number of carbonyl (C=O) groups is 4. The number of hydrogen-bond acceptors (Lipinski definition) is 6. The average molecular weight is 413 g/mol. The third kappa shape index (κ3) is 3.38. The number of anilines is 1. The van der Waals surface area contributed by atoms with Gasteiger partial charge < -0.3 is 9.64 Å². The van der Waals surface area contributed by atoms with Crippen LogP contribution in [0.5, 0.6) is 5.75 Å². The van der Waals surface area contributed by atoms with Crippen LogP contribution in [0.25, 0.3) is 0 Å². The van der Waals surface area contributed by atoms with Crippen molar-refractivity contribution in [1.29, 1.82) is 0 Å². The van der Waals surface area contributed by atoms with Gasteiger partial charge in [0, 0.05) is 18.0 Å². The highest BCUT2D eigenvalue weighted by Crippen LogP contribution is 2.32. The first-order valence-electron chi connectivity index (χ1n) is 9.26. The number of thiophene rings is 1. The number of imide groups is 2. The highest BCUT2D eigenvalue weighted by molar-refractivity contribution is 7.10. The number of para-hydroxylation sites is 2. The van der Waals surface area contributed by atoms with Gasteiger partial charge in [-0.05, 0) is 42.5 Å². The third-order valence-corrected chi connectivity index (χ3v) is 5.94. The minimum absolute atomic E-state index is 0.188. The number of carbonyl (C=O) groups excluding carboxylic acids is 4. The molecule has 1 fully saturated rings. The quantitative estimate of drug-likeness (QED) is 0.553. The molecular weight excluding hydrogens is 394 g/mol. The summed E-state index contributed by atoms with van der Waals surface area (Å²) < 4.78 is 5.47. The molecule has 3 heterocycles. The molecule has 2 aliphatic heterocycles. The van der Waals surface area contributed by atoms with E-state index in [4.69, 9.17) is 4.74 Å². The van der Waals surface area contributed by atoms with Gasteiger partial charge in [-0.2, -0.15) is 0 Å². The Morgan fingerprint density at radius 2 is 1.93 bits per heavy atom. The average Bonchev–Trinajstić information content (AvgIpc) is 3.27. The minimum Gasteiger partial charge on any atom is -0.492 e. The Morgan fingerprint density at radius 3 is 2.72 bits per heavy atom. The second-order valence-corrected chi connectivity index (χ2v) is 7.65. The van der Waals surface area contributed by atoms with Crippen molar-refractivity contribution in [3.8, 4) is 5.75 Å². The van der Waals surface area contributed by atoms with Crippen LogP contribution in [0.3, 0.4) is 0 Å². The maximum absolute atomic E-state index is 12.8. The number of ether oxygens (including phenoxy) is 1. The summed E-state index contributed by atoms with van der Waals surface area (Å²) in [4.78, 5) is 54.9. The molecule has 150 valence electrons. The number of nitrogens with zero attached hydrogens (tertiary/aromatic N) is 3. The first-order valence-corrected chi connectivity index (χ1v) is 10.1. The van der Waals surface area contributed by atoms with Crippen LogP contribution < -0.4 is 9.64 Å². The van der Waals surface area contributed by atoms with E-state index in [1.807, 2.05) is 11.4 Å². The predicted octanol–water partition coefficient (Wildman–Crippen LogP) is 2.03. The van der Waals surface area contributed by atoms with Crippen molar-refractivity contribution in [3.63, 3.8) is 0 Å². The smallest absolute Gasteiger partial charge is 0.339 e. The fraction of sp³-hybridized carbons (Fsp3) is 0.300. The number of rotatable bonds is 5. The van der Waals surface area contributed by atoms with Crippen LogP contribution in [0.2, 0.25) is 0 Å². The van der Waals surface area contributed by atoms with Gasteiger partial charge in [0.15, 0.2) is 0 Å². The number of benzene rings is 1. The molecule has 0 saturated carbocycles. The molecule has 1 saturated heterocycles. The second kappa shape index (κ2) is 7.67. The van der Waals surface area contributed by atoms with E-state index in [0.717, 1.165) is 16.9 Å². The van der Waals surface area contributed by atoms with E-state index >= 15 is 0 Å². The SMILES string of the molecule is CCOc1ccccc1N1C(=O)C(=O)N(CC(=O)N2CCc3sccc3C2)C1=O. The normalized spacial score (nSPS) is 16.4. The van der Waals surface area contributed by atoms with E-state index in [0.29, 0.717) is 30.3 Å². The van der Waals surface area contributed by atoms with E-state index in [2.05, 4.69) is 0 Å². The molecule has 0 radical (unpaired) electrons. The number of fused-ring (bicyclic) bond motifs is 1. The highest BCUT2D eigenvalue weighted by Gasteiger charge is 2.47. The molecule has 2 aromatic rings. The molecule has 4 rings (SSSR count). The highest BCUT2D eigenvalue weighted by atomic mass is 32.1. The van der Waals surface area contributed by atoms with Crippen LogP contribution in [0.1, 0.15) is 17.4 Å². The summed E-state index contributed by atoms with van der Waals surface area (Å²) in [5, 5.41) is 1.98. The summed E-state index contributed by atoms with van der Waals surface area (Å²) in [6.07, 6.45) is 0.743. The van der Waals surface area contributed by atoms with E-state index < -0.39 is 24.4 Å². The molecule has 2 aliphatic rings. The topological polar surface area (TPSA) is 87.2 Å². The summed E-state index contributed by atoms with van der Waals surface area (Å²) in [5.41, 5.74) is 1.27. The third-order valence-electron chi connectivity index (χ3n) is 4.91. The lowest BCUT2D eigenvalue weighted by Crippen LogP contribution is -2.45. The Balaban J connectivity index is 1.52. The van der Waals surface area contributed by atoms with E-state index in [9.17, 15) is 19.2 Å². The minimum atomic E-state index is -1.01. The zero-order valence-corrected chi connectivity index (χ0v) is 16.6. The zero-order valence-electron chi connectivity index (χ0n) is 15.8. The molecule has 8 nitrogen and oxygen atoms in total. The summed E-state index contributed by atoms with van der Waals surface area (Å²) >= 11 is 1.66. The van der Waals surface area contributed by atoms with Crippen molar-refractivity contribution in [1.82, 2.24) is 9.80 Å². The van der Waals surface area contributed by atoms with Crippen LogP contribution in [0.15, 0.2) is 35.7 Å². The van der Waals surface area contributed by atoms with Gasteiger partial charge in [0.1, 0.15) is 12.3 Å². The maximum Gasteiger partial charge on any atom is 0.339 e. The monoisotopic (exact) mass is 413 g/mol. The molecule has 0 unspecified atom stereocenters. The van der Waals surface area contributed by atoms with E-state index in [-0.39, 0.29) is 11.6 Å². The Bertz CT molecular complexity index is 1000. The molecule has 29 heavy (non-hydrogen) atoms. The van der Waals surface area contributed by atoms with Gasteiger partial charge in [-0.3, -0.25) is 14.4 Å². The molecule has 5 amide bonds. The fourth-order valence-electron chi connectivity index (χ4n) is 3.47. The number of urea groups is 1. The molecule has 0 spiro atoms. The van der Waals surface area contributed by atoms with Crippen LogP contribution >= 0.6 is 11.3 Å². The Morgan fingerprint density at radius 1 is 1.14 bits per heavy atom. The van der Waals surface area contributed by atoms with E-state index in [1.165, 1.54) is 10.9 Å². The molecule has 0 atom stereocenters. The van der Waals surface area contributed by atoms with Crippen LogP contribution in [-0.4, -0.2) is 53.2 Å². The van der Waals surface area contributed by atoms with Crippen molar-refractivity contribution in [2.24, 2.45) is 0 Å². The Hall–Kier alpha value is -3.20. The van der Waals surface area contributed by atoms with E-state index in [1.54, 1.807) is 41.4 Å². The summed E-state index contributed by atoms with van der Waals surface area (Å²) in [6.45, 7) is 2.61. The largest absolute Gasteiger partial charge is 0.492 e. The van der Waals surface area contributed by atoms with Gasteiger partial charge in [0.2, 0.25) is 5.91 Å². The van der Waals surface area contributed by atoms with Crippen LogP contribution in [-0.2, 0) is 27.3 Å². The van der Waals surface area contributed by atoms with Crippen molar-refractivity contribution < 1.29 is 23.9 Å². The summed E-state index contributed by atoms with van der Waals surface area (Å²) in [6, 6.07) is 7.63. The lowest BCUT2D eigenvalue weighted by Gasteiger charge is -2.28. The Kier molecular flexibility index (Phi) is 5.06. The fourth-order valence-corrected chi connectivity index (χ4v) is 4.36. The number of amides is 5. The maximum atomic E-state index is 12.8. The first-order chi connectivity index (χ1) is 14.0. The second-order valence-electron chi connectivity index (χ2n) is 6.65. The van der Waals surface area contributed by atoms with Gasteiger partial charge in [-0.1, -0.05) is 12.1 Å². The molecule has 1 aromatic carbocycles. The van der Waals surface area contributed by atoms with Crippen LogP contribution in [0, 0.1) is 0 Å². The van der Waals surface area contributed by atoms with Crippen LogP contribution in [0.4, 0.5) is 10.5 Å². The first kappa shape index (κ1) is 19.1. The molecule has 9 heteroatoms. The van der Waals surface area contributed by atoms with Crippen molar-refractivity contribution >= 4 is 40.8 Å². The molecule has 0 aliphatic carbocycles. The Labute approximate surface area is 171 Å². The lowest BCUT2D eigenvalue weighted by molar-refractivity contribution is -0.142. The molecule has 1 aromatic heterocycles. The lowest BCUT2D eigenvalue weighted by atomic mass is 10.1. The molecule has 0 bridgehead atoms. The molecular formula is C20H19N3O5S. The van der Waals surface area contributed by atoms with Crippen molar-refractivity contribution in [2.75, 3.05) is 24.6 Å². The van der Waals surface area contributed by atoms with Crippen molar-refractivity contribution in [2.45, 2.75) is 19.9 Å². The van der Waals surface area contributed by atoms with Gasteiger partial charge in [0.05, 0.1) is 12.3 Å². The summed E-state index contributed by atoms with van der Waals surface area (Å²) in [5.74, 6) is -2.05. The van der Waals surface area contributed by atoms with Gasteiger partial charge >= 0.3 is 17.8 Å².